The molecule has 1 aromatic carbocycles. The van der Waals surface area contributed by atoms with E-state index in [0.29, 0.717) is 19.7 Å². The maximum atomic E-state index is 12.4. The van der Waals surface area contributed by atoms with Crippen LogP contribution in [-0.2, 0) is 9.53 Å². The Hall–Kier alpha value is -1.08. The van der Waals surface area contributed by atoms with E-state index in [0.717, 1.165) is 27.5 Å². The highest BCUT2D eigenvalue weighted by Crippen LogP contribution is 2.27. The molecule has 5 nitrogen and oxygen atoms in total. The van der Waals surface area contributed by atoms with Gasteiger partial charge in [0.05, 0.1) is 18.2 Å². The summed E-state index contributed by atoms with van der Waals surface area (Å²) in [5.41, 5.74) is 0.724. The van der Waals surface area contributed by atoms with Gasteiger partial charge in [-0.3, -0.25) is 4.79 Å². The number of rotatable bonds is 3. The van der Waals surface area contributed by atoms with Crippen molar-refractivity contribution in [2.24, 2.45) is 5.92 Å². The topological polar surface area (TPSA) is 58.6 Å². The molecule has 1 unspecified atom stereocenters. The lowest BCUT2D eigenvalue weighted by Crippen LogP contribution is -2.44. The smallest absolute Gasteiger partial charge is 0.409 e. The summed E-state index contributed by atoms with van der Waals surface area (Å²) < 4.78 is 6.75. The Bertz CT molecular complexity index is 566. The highest BCUT2D eigenvalue weighted by Gasteiger charge is 2.29. The Morgan fingerprint density at radius 1 is 1.41 bits per heavy atom. The zero-order valence-corrected chi connectivity index (χ0v) is 15.4. The second-order valence-electron chi connectivity index (χ2n) is 5.10. The molecule has 2 amide bonds. The van der Waals surface area contributed by atoms with E-state index in [2.05, 4.69) is 37.2 Å². The van der Waals surface area contributed by atoms with Crippen LogP contribution < -0.4 is 5.32 Å². The molecule has 1 fully saturated rings. The Balaban J connectivity index is 1.98. The average molecular weight is 434 g/mol. The molecule has 1 N–H and O–H groups in total. The van der Waals surface area contributed by atoms with Crippen molar-refractivity contribution in [2.75, 3.05) is 25.0 Å². The molecule has 1 aliphatic heterocycles. The Labute approximate surface area is 146 Å². The normalized spacial score (nSPS) is 18.0. The number of benzene rings is 1. The number of hydrogen-bond acceptors (Lipinski definition) is 3. The van der Waals surface area contributed by atoms with E-state index in [4.69, 9.17) is 4.74 Å². The van der Waals surface area contributed by atoms with Gasteiger partial charge in [-0.05, 0) is 53.9 Å². The van der Waals surface area contributed by atoms with E-state index < -0.39 is 0 Å². The Kier molecular flexibility index (Phi) is 6.26. The number of carbonyl (C=O) groups excluding carboxylic acids is 2. The van der Waals surface area contributed by atoms with Gasteiger partial charge in [0, 0.05) is 22.0 Å². The largest absolute Gasteiger partial charge is 0.450 e. The lowest BCUT2D eigenvalue weighted by atomic mass is 9.97. The first-order chi connectivity index (χ1) is 10.5. The summed E-state index contributed by atoms with van der Waals surface area (Å²) in [4.78, 5) is 25.8. The van der Waals surface area contributed by atoms with Crippen molar-refractivity contribution in [2.45, 2.75) is 19.8 Å². The Morgan fingerprint density at radius 2 is 2.18 bits per heavy atom. The standard InChI is InChI=1S/C15H18Br2N2O3/c1-2-22-15(21)19-7-3-4-10(9-19)14(20)18-13-6-5-11(16)8-12(13)17/h5-6,8,10H,2-4,7,9H2,1H3,(H,18,20). The molecule has 1 aromatic rings. The van der Waals surface area contributed by atoms with Crippen molar-refractivity contribution in [3.8, 4) is 0 Å². The predicted molar refractivity (Wildman–Crippen MR) is 91.8 cm³/mol. The van der Waals surface area contributed by atoms with E-state index in [9.17, 15) is 9.59 Å². The summed E-state index contributed by atoms with van der Waals surface area (Å²) in [6.07, 6.45) is 1.23. The molecule has 0 radical (unpaired) electrons. The van der Waals surface area contributed by atoms with Gasteiger partial charge < -0.3 is 15.0 Å². The van der Waals surface area contributed by atoms with Crippen molar-refractivity contribution in [3.05, 3.63) is 27.1 Å². The van der Waals surface area contributed by atoms with Crippen LogP contribution in [0.25, 0.3) is 0 Å². The highest BCUT2D eigenvalue weighted by molar-refractivity contribution is 9.11. The number of piperidine rings is 1. The zero-order valence-electron chi connectivity index (χ0n) is 12.3. The van der Waals surface area contributed by atoms with E-state index in [1.54, 1.807) is 11.8 Å². The average Bonchev–Trinajstić information content (AvgIpc) is 2.50. The van der Waals surface area contributed by atoms with Gasteiger partial charge >= 0.3 is 6.09 Å². The van der Waals surface area contributed by atoms with Crippen LogP contribution in [0, 0.1) is 5.92 Å². The van der Waals surface area contributed by atoms with Crippen molar-refractivity contribution in [3.63, 3.8) is 0 Å². The number of amides is 2. The molecule has 7 heteroatoms. The second kappa shape index (κ2) is 7.97. The first kappa shape index (κ1) is 17.3. The van der Waals surface area contributed by atoms with Crippen LogP contribution in [0.4, 0.5) is 10.5 Å². The lowest BCUT2D eigenvalue weighted by Gasteiger charge is -2.31. The predicted octanol–water partition coefficient (Wildman–Crippen LogP) is 4.02. The number of anilines is 1. The lowest BCUT2D eigenvalue weighted by molar-refractivity contribution is -0.121. The summed E-state index contributed by atoms with van der Waals surface area (Å²) in [5, 5.41) is 2.91. The summed E-state index contributed by atoms with van der Waals surface area (Å²) in [6, 6.07) is 5.57. The van der Waals surface area contributed by atoms with Gasteiger partial charge in [-0.1, -0.05) is 15.9 Å². The molecular formula is C15H18Br2N2O3. The van der Waals surface area contributed by atoms with Gasteiger partial charge in [-0.25, -0.2) is 4.79 Å². The van der Waals surface area contributed by atoms with Gasteiger partial charge in [0.2, 0.25) is 5.91 Å². The van der Waals surface area contributed by atoms with Gasteiger partial charge in [-0.15, -0.1) is 0 Å². The number of carbonyl (C=O) groups is 2. The second-order valence-corrected chi connectivity index (χ2v) is 6.87. The van der Waals surface area contributed by atoms with Crippen LogP contribution >= 0.6 is 31.9 Å². The minimum atomic E-state index is -0.343. The number of likely N-dealkylation sites (tertiary alicyclic amines) is 1. The van der Waals surface area contributed by atoms with Crippen LogP contribution in [0.15, 0.2) is 27.1 Å². The van der Waals surface area contributed by atoms with E-state index in [-0.39, 0.29) is 17.9 Å². The van der Waals surface area contributed by atoms with Crippen molar-refractivity contribution < 1.29 is 14.3 Å². The van der Waals surface area contributed by atoms with Gasteiger partial charge in [-0.2, -0.15) is 0 Å². The fourth-order valence-electron chi connectivity index (χ4n) is 2.40. The van der Waals surface area contributed by atoms with E-state index >= 15 is 0 Å². The molecule has 0 bridgehead atoms. The van der Waals surface area contributed by atoms with Crippen LogP contribution in [-0.4, -0.2) is 36.6 Å². The maximum absolute atomic E-state index is 12.4. The number of nitrogens with zero attached hydrogens (tertiary/aromatic N) is 1. The van der Waals surface area contributed by atoms with Crippen molar-refractivity contribution in [1.82, 2.24) is 4.90 Å². The molecule has 0 aromatic heterocycles. The molecule has 0 aliphatic carbocycles. The minimum absolute atomic E-state index is 0.0722. The quantitative estimate of drug-likeness (QED) is 0.783. The van der Waals surface area contributed by atoms with Gasteiger partial charge in [0.25, 0.3) is 0 Å². The van der Waals surface area contributed by atoms with Crippen molar-refractivity contribution in [1.29, 1.82) is 0 Å². The third-order valence-electron chi connectivity index (χ3n) is 3.51. The van der Waals surface area contributed by atoms with Crippen LogP contribution in [0.2, 0.25) is 0 Å². The first-order valence-corrected chi connectivity index (χ1v) is 8.77. The molecule has 0 spiro atoms. The molecular weight excluding hydrogens is 416 g/mol. The molecule has 1 saturated heterocycles. The van der Waals surface area contributed by atoms with Crippen LogP contribution in [0.3, 0.4) is 0 Å². The van der Waals surface area contributed by atoms with Gasteiger partial charge in [0.1, 0.15) is 0 Å². The summed E-state index contributed by atoms with van der Waals surface area (Å²) in [5.74, 6) is -0.286. The third kappa shape index (κ3) is 4.46. The first-order valence-electron chi connectivity index (χ1n) is 7.19. The SMILES string of the molecule is CCOC(=O)N1CCCC(C(=O)Nc2ccc(Br)cc2Br)C1. The fourth-order valence-corrected chi connectivity index (χ4v) is 3.54. The fraction of sp³-hybridized carbons (Fsp3) is 0.467. The molecule has 1 heterocycles. The summed E-state index contributed by atoms with van der Waals surface area (Å²) >= 11 is 6.80. The molecule has 22 heavy (non-hydrogen) atoms. The molecule has 0 saturated carbocycles. The molecule has 1 atom stereocenters. The summed E-state index contributed by atoms with van der Waals surface area (Å²) in [6.45, 7) is 3.17. The number of nitrogens with one attached hydrogen (secondary N) is 1. The van der Waals surface area contributed by atoms with E-state index in [1.165, 1.54) is 0 Å². The zero-order chi connectivity index (χ0) is 16.1. The minimum Gasteiger partial charge on any atom is -0.450 e. The third-order valence-corrected chi connectivity index (χ3v) is 4.66. The Morgan fingerprint density at radius 3 is 2.86 bits per heavy atom. The molecule has 2 rings (SSSR count). The van der Waals surface area contributed by atoms with Crippen molar-refractivity contribution >= 4 is 49.5 Å². The monoisotopic (exact) mass is 432 g/mol. The van der Waals surface area contributed by atoms with Crippen LogP contribution in [0.1, 0.15) is 19.8 Å². The number of ether oxygens (including phenoxy) is 1. The summed E-state index contributed by atoms with van der Waals surface area (Å²) in [7, 11) is 0. The molecule has 120 valence electrons. The molecule has 1 aliphatic rings. The highest BCUT2D eigenvalue weighted by atomic mass is 79.9. The number of hydrogen-bond donors (Lipinski definition) is 1. The maximum Gasteiger partial charge on any atom is 0.409 e. The van der Waals surface area contributed by atoms with E-state index in [1.807, 2.05) is 18.2 Å². The number of halogens is 2. The van der Waals surface area contributed by atoms with Crippen LogP contribution in [0.5, 0.6) is 0 Å². The van der Waals surface area contributed by atoms with Gasteiger partial charge in [0.15, 0.2) is 0 Å².